The molecule has 0 radical (unpaired) electrons. The lowest BCUT2D eigenvalue weighted by molar-refractivity contribution is -0.384. The monoisotopic (exact) mass is 768 g/mol. The van der Waals surface area contributed by atoms with Gasteiger partial charge in [0.25, 0.3) is 5.69 Å². The Hall–Kier alpha value is -7.03. The number of halogens is 3. The van der Waals surface area contributed by atoms with E-state index < -0.39 is 52.0 Å². The highest BCUT2D eigenvalue weighted by Crippen LogP contribution is 2.30. The number of nitrogens with one attached hydrogen (secondary N) is 3. The molecule has 0 fully saturated rings. The number of anilines is 2. The number of carbonyl (C=O) groups is 4. The summed E-state index contributed by atoms with van der Waals surface area (Å²) in [6, 6.07) is 24.1. The number of hydrogen-bond acceptors (Lipinski definition) is 8. The Morgan fingerprint density at radius 3 is 2.16 bits per heavy atom. The Bertz CT molecular complexity index is 2260. The first-order chi connectivity index (χ1) is 26.4. The molecule has 1 heterocycles. The van der Waals surface area contributed by atoms with Crippen molar-refractivity contribution in [3.63, 3.8) is 0 Å². The van der Waals surface area contributed by atoms with E-state index in [1.807, 2.05) is 0 Å². The Balaban J connectivity index is 1.37. The van der Waals surface area contributed by atoms with Crippen molar-refractivity contribution in [2.24, 2.45) is 0 Å². The SMILES string of the molecule is CC(C)(C)OC(=O)NC(Cc1ccc(C(F)(F)F)cc1)C(=O)Nc1ccc(NC(=O)/C=C/c2ccc(-c3ccc([N+](=O)[O-])cc3)o2)cc1C(=O)c1ccccc1. The van der Waals surface area contributed by atoms with Crippen molar-refractivity contribution in [1.82, 2.24) is 5.32 Å². The van der Waals surface area contributed by atoms with Crippen LogP contribution in [0.25, 0.3) is 17.4 Å². The van der Waals surface area contributed by atoms with Crippen molar-refractivity contribution in [2.75, 3.05) is 10.6 Å². The summed E-state index contributed by atoms with van der Waals surface area (Å²) < 4.78 is 50.6. The van der Waals surface area contributed by atoms with Gasteiger partial charge in [-0.3, -0.25) is 24.5 Å². The Morgan fingerprint density at radius 2 is 1.54 bits per heavy atom. The molecule has 0 bridgehead atoms. The molecule has 5 aromatic rings. The van der Waals surface area contributed by atoms with Crippen LogP contribution in [0, 0.1) is 10.1 Å². The summed E-state index contributed by atoms with van der Waals surface area (Å²) in [6.07, 6.45) is -3.15. The zero-order valence-corrected chi connectivity index (χ0v) is 30.2. The number of alkyl halides is 3. The van der Waals surface area contributed by atoms with Gasteiger partial charge in [-0.15, -0.1) is 0 Å². The zero-order valence-electron chi connectivity index (χ0n) is 30.2. The first-order valence-corrected chi connectivity index (χ1v) is 17.0. The van der Waals surface area contributed by atoms with Crippen LogP contribution in [-0.2, 0) is 26.9 Å². The van der Waals surface area contributed by atoms with E-state index in [1.165, 1.54) is 66.7 Å². The number of non-ortho nitro benzene ring substituents is 1. The molecular weight excluding hydrogens is 733 g/mol. The first kappa shape index (κ1) is 40.2. The lowest BCUT2D eigenvalue weighted by Crippen LogP contribution is -2.47. The molecule has 288 valence electrons. The molecule has 0 saturated carbocycles. The molecule has 1 atom stereocenters. The largest absolute Gasteiger partial charge is 0.457 e. The smallest absolute Gasteiger partial charge is 0.416 e. The highest BCUT2D eigenvalue weighted by Gasteiger charge is 2.31. The summed E-state index contributed by atoms with van der Waals surface area (Å²) in [7, 11) is 0. The third-order valence-corrected chi connectivity index (χ3v) is 7.94. The number of ketones is 1. The summed E-state index contributed by atoms with van der Waals surface area (Å²) >= 11 is 0. The molecule has 1 aromatic heterocycles. The molecule has 56 heavy (non-hydrogen) atoms. The number of nitrogens with zero attached hydrogens (tertiary/aromatic N) is 1. The van der Waals surface area contributed by atoms with Crippen LogP contribution in [0.1, 0.15) is 53.6 Å². The van der Waals surface area contributed by atoms with E-state index in [-0.39, 0.29) is 34.6 Å². The number of carbonyl (C=O) groups excluding carboxylic acids is 4. The minimum absolute atomic E-state index is 0.0179. The molecule has 12 nitrogen and oxygen atoms in total. The number of benzene rings is 4. The standard InChI is InChI=1S/C41H35F3N4O8/c1-40(2,3)56-39(52)47-34(23-25-9-13-28(14-10-25)41(42,43)44)38(51)46-33-20-15-29(24-32(33)37(50)27-7-5-4-6-8-27)45-36(49)22-19-31-18-21-35(55-31)26-11-16-30(17-12-26)48(53)54/h4-22,24,34H,23H2,1-3H3,(H,45,49)(H,46,51)(H,47,52)/b22-19+. The van der Waals surface area contributed by atoms with Gasteiger partial charge in [-0.2, -0.15) is 13.2 Å². The molecule has 5 rings (SSSR count). The normalized spacial score (nSPS) is 12.1. The number of hydrogen-bond donors (Lipinski definition) is 3. The maximum Gasteiger partial charge on any atom is 0.416 e. The number of furan rings is 1. The van der Waals surface area contributed by atoms with E-state index in [0.717, 1.165) is 12.1 Å². The maximum atomic E-state index is 13.8. The van der Waals surface area contributed by atoms with Crippen molar-refractivity contribution in [2.45, 2.75) is 45.0 Å². The highest BCUT2D eigenvalue weighted by molar-refractivity contribution is 6.15. The van der Waals surface area contributed by atoms with Crippen LogP contribution >= 0.6 is 0 Å². The Labute approximate surface area is 318 Å². The van der Waals surface area contributed by atoms with Crippen LogP contribution in [0.4, 0.5) is 35.0 Å². The van der Waals surface area contributed by atoms with E-state index in [1.54, 1.807) is 63.2 Å². The van der Waals surface area contributed by atoms with Crippen molar-refractivity contribution in [3.05, 3.63) is 153 Å². The average Bonchev–Trinajstić information content (AvgIpc) is 3.63. The topological polar surface area (TPSA) is 170 Å². The van der Waals surface area contributed by atoms with Gasteiger partial charge in [0.15, 0.2) is 5.78 Å². The van der Waals surface area contributed by atoms with Gasteiger partial charge in [-0.05, 0) is 87.0 Å². The van der Waals surface area contributed by atoms with Gasteiger partial charge in [0, 0.05) is 47.0 Å². The molecule has 4 aromatic carbocycles. The molecule has 3 N–H and O–H groups in total. The first-order valence-electron chi connectivity index (χ1n) is 17.0. The Kier molecular flexibility index (Phi) is 12.2. The highest BCUT2D eigenvalue weighted by atomic mass is 19.4. The molecule has 0 aliphatic heterocycles. The molecule has 0 saturated heterocycles. The second-order valence-electron chi connectivity index (χ2n) is 13.4. The summed E-state index contributed by atoms with van der Waals surface area (Å²) in [6.45, 7) is 4.85. The van der Waals surface area contributed by atoms with Crippen LogP contribution in [0.3, 0.4) is 0 Å². The minimum Gasteiger partial charge on any atom is -0.457 e. The molecule has 0 spiro atoms. The van der Waals surface area contributed by atoms with Crippen molar-refractivity contribution in [1.29, 1.82) is 0 Å². The van der Waals surface area contributed by atoms with E-state index >= 15 is 0 Å². The second kappa shape index (κ2) is 17.0. The summed E-state index contributed by atoms with van der Waals surface area (Å²) in [5.41, 5.74) is -0.531. The quantitative estimate of drug-likeness (QED) is 0.0489. The summed E-state index contributed by atoms with van der Waals surface area (Å²) in [5, 5.41) is 18.7. The van der Waals surface area contributed by atoms with Gasteiger partial charge in [-0.1, -0.05) is 42.5 Å². The molecule has 0 aliphatic carbocycles. The van der Waals surface area contributed by atoms with Gasteiger partial charge in [0.05, 0.1) is 16.2 Å². The summed E-state index contributed by atoms with van der Waals surface area (Å²) in [5.74, 6) is -1.17. The van der Waals surface area contributed by atoms with E-state index in [4.69, 9.17) is 9.15 Å². The number of amides is 3. The van der Waals surface area contributed by atoms with Gasteiger partial charge < -0.3 is 25.1 Å². The van der Waals surface area contributed by atoms with Crippen molar-refractivity contribution in [3.8, 4) is 11.3 Å². The summed E-state index contributed by atoms with van der Waals surface area (Å²) in [4.78, 5) is 63.7. The maximum absolute atomic E-state index is 13.8. The van der Waals surface area contributed by atoms with Crippen LogP contribution in [0.2, 0.25) is 0 Å². The number of ether oxygens (including phenoxy) is 1. The molecular formula is C41H35F3N4O8. The predicted octanol–water partition coefficient (Wildman–Crippen LogP) is 8.83. The molecule has 3 amide bonds. The van der Waals surface area contributed by atoms with Crippen molar-refractivity contribution >= 4 is 46.8 Å². The van der Waals surface area contributed by atoms with E-state index in [2.05, 4.69) is 16.0 Å². The Morgan fingerprint density at radius 1 is 0.857 bits per heavy atom. The molecule has 0 aliphatic rings. The van der Waals surface area contributed by atoms with Crippen LogP contribution in [0.15, 0.2) is 120 Å². The van der Waals surface area contributed by atoms with Crippen LogP contribution in [-0.4, -0.2) is 40.3 Å². The fraction of sp³-hybridized carbons (Fsp3) is 0.171. The molecule has 1 unspecified atom stereocenters. The zero-order chi connectivity index (χ0) is 40.6. The second-order valence-corrected chi connectivity index (χ2v) is 13.4. The average molecular weight is 769 g/mol. The third-order valence-electron chi connectivity index (χ3n) is 7.94. The van der Waals surface area contributed by atoms with Gasteiger partial charge in [0.1, 0.15) is 23.2 Å². The number of rotatable bonds is 12. The van der Waals surface area contributed by atoms with Crippen LogP contribution < -0.4 is 16.0 Å². The van der Waals surface area contributed by atoms with E-state index in [0.29, 0.717) is 22.6 Å². The minimum atomic E-state index is -4.57. The van der Waals surface area contributed by atoms with Crippen molar-refractivity contribution < 1.29 is 46.4 Å². The lowest BCUT2D eigenvalue weighted by Gasteiger charge is -2.24. The number of alkyl carbamates (subject to hydrolysis) is 1. The van der Waals surface area contributed by atoms with Gasteiger partial charge in [0.2, 0.25) is 11.8 Å². The van der Waals surface area contributed by atoms with Gasteiger partial charge in [-0.25, -0.2) is 4.79 Å². The fourth-order valence-corrected chi connectivity index (χ4v) is 5.30. The number of nitro benzene ring substituents is 1. The molecule has 15 heteroatoms. The predicted molar refractivity (Wildman–Crippen MR) is 202 cm³/mol. The van der Waals surface area contributed by atoms with E-state index in [9.17, 15) is 42.5 Å². The third kappa shape index (κ3) is 11.0. The lowest BCUT2D eigenvalue weighted by atomic mass is 10.00. The number of nitro groups is 1. The van der Waals surface area contributed by atoms with Gasteiger partial charge >= 0.3 is 12.3 Å². The van der Waals surface area contributed by atoms with Crippen LogP contribution in [0.5, 0.6) is 0 Å². The fourth-order valence-electron chi connectivity index (χ4n) is 5.30.